The van der Waals surface area contributed by atoms with E-state index in [1.165, 1.54) is 9.80 Å². The van der Waals surface area contributed by atoms with Gasteiger partial charge in [0, 0.05) is 13.1 Å². The van der Waals surface area contributed by atoms with Crippen LogP contribution in [0.5, 0.6) is 5.75 Å². The summed E-state index contributed by atoms with van der Waals surface area (Å²) >= 11 is 0. The number of rotatable bonds is 5. The van der Waals surface area contributed by atoms with Crippen LogP contribution in [0.4, 0.5) is 10.6 Å². The van der Waals surface area contributed by atoms with Gasteiger partial charge in [-0.05, 0) is 25.5 Å². The van der Waals surface area contributed by atoms with Crippen LogP contribution >= 0.6 is 0 Å². The van der Waals surface area contributed by atoms with Crippen LogP contribution in [-0.2, 0) is 0 Å². The zero-order valence-electron chi connectivity index (χ0n) is 13.9. The third-order valence-corrected chi connectivity index (χ3v) is 4.29. The summed E-state index contributed by atoms with van der Waals surface area (Å²) in [5.41, 5.74) is 0. The predicted molar refractivity (Wildman–Crippen MR) is 87.7 cm³/mol. The van der Waals surface area contributed by atoms with Gasteiger partial charge in [0.25, 0.3) is 0 Å². The van der Waals surface area contributed by atoms with Gasteiger partial charge >= 0.3 is 6.03 Å². The van der Waals surface area contributed by atoms with Crippen molar-refractivity contribution in [1.82, 2.24) is 10.1 Å². The molecule has 0 spiro atoms. The average molecular weight is 331 g/mol. The Hall–Kier alpha value is -2.54. The lowest BCUT2D eigenvalue weighted by molar-refractivity contribution is 0.137. The van der Waals surface area contributed by atoms with Crippen molar-refractivity contribution >= 4 is 11.8 Å². The van der Waals surface area contributed by atoms with Crippen LogP contribution in [-0.4, -0.2) is 40.5 Å². The van der Waals surface area contributed by atoms with Gasteiger partial charge in [-0.25, -0.2) is 9.69 Å². The number of urea groups is 1. The molecule has 1 aromatic carbocycles. The number of nitrogens with zero attached hydrogens (tertiary/aromatic N) is 3. The highest BCUT2D eigenvalue weighted by atomic mass is 16.5. The van der Waals surface area contributed by atoms with E-state index in [1.807, 2.05) is 37.3 Å². The number of para-hydroxylation sites is 1. The molecule has 1 saturated heterocycles. The van der Waals surface area contributed by atoms with Gasteiger partial charge < -0.3 is 19.3 Å². The summed E-state index contributed by atoms with van der Waals surface area (Å²) in [6, 6.07) is 10.4. The number of likely N-dealkylation sites (N-methyl/N-ethyl adjacent to an activating group) is 1. The molecule has 1 aliphatic rings. The fourth-order valence-corrected chi connectivity index (χ4v) is 2.66. The van der Waals surface area contributed by atoms with Crippen molar-refractivity contribution < 1.29 is 19.2 Å². The van der Waals surface area contributed by atoms with E-state index in [1.54, 1.807) is 20.0 Å². The van der Waals surface area contributed by atoms with Crippen molar-refractivity contribution in [2.75, 3.05) is 11.9 Å². The maximum atomic E-state index is 12.2. The Morgan fingerprint density at radius 1 is 1.38 bits per heavy atom. The number of ether oxygens (including phenoxy) is 1. The zero-order chi connectivity index (χ0) is 17.3. The maximum absolute atomic E-state index is 12.2. The standard InChI is InChI=1S/C17H21N3O4/c1-4-13(23-12-8-6-5-7-9-12)14-10-15(18-24-14)20-16(21)11(2)19(3)17(20)22/h5-11,13,16,21H,4H2,1-3H3. The highest BCUT2D eigenvalue weighted by Crippen LogP contribution is 2.31. The Bertz CT molecular complexity index is 703. The van der Waals surface area contributed by atoms with Gasteiger partial charge in [-0.1, -0.05) is 30.3 Å². The molecule has 2 aromatic rings. The van der Waals surface area contributed by atoms with E-state index < -0.39 is 6.23 Å². The molecule has 1 N–H and O–H groups in total. The molecule has 1 aromatic heterocycles. The summed E-state index contributed by atoms with van der Waals surface area (Å²) < 4.78 is 11.3. The van der Waals surface area contributed by atoms with Crippen LogP contribution in [0.3, 0.4) is 0 Å². The van der Waals surface area contributed by atoms with E-state index in [0.29, 0.717) is 12.2 Å². The Kier molecular flexibility index (Phi) is 4.44. The van der Waals surface area contributed by atoms with Crippen LogP contribution in [0.15, 0.2) is 40.9 Å². The number of aliphatic hydroxyl groups excluding tert-OH is 1. The van der Waals surface area contributed by atoms with Gasteiger partial charge in [-0.3, -0.25) is 0 Å². The molecule has 0 radical (unpaired) electrons. The lowest BCUT2D eigenvalue weighted by atomic mass is 10.2. The molecule has 2 amide bonds. The molecule has 1 aliphatic heterocycles. The molecule has 3 unspecified atom stereocenters. The van der Waals surface area contributed by atoms with Gasteiger partial charge in [-0.2, -0.15) is 0 Å². The van der Waals surface area contributed by atoms with Crippen LogP contribution in [0.1, 0.15) is 32.1 Å². The molecule has 1 fully saturated rings. The number of benzene rings is 1. The normalized spacial score (nSPS) is 22.1. The summed E-state index contributed by atoms with van der Waals surface area (Å²) in [6.07, 6.45) is -0.606. The largest absolute Gasteiger partial charge is 0.482 e. The van der Waals surface area contributed by atoms with Crippen molar-refractivity contribution in [3.63, 3.8) is 0 Å². The van der Waals surface area contributed by atoms with Gasteiger partial charge in [0.2, 0.25) is 0 Å². The summed E-state index contributed by atoms with van der Waals surface area (Å²) in [5, 5.41) is 14.2. The number of carbonyl (C=O) groups is 1. The fraction of sp³-hybridized carbons (Fsp3) is 0.412. The summed E-state index contributed by atoms with van der Waals surface area (Å²) in [7, 11) is 1.64. The zero-order valence-corrected chi connectivity index (χ0v) is 13.9. The monoisotopic (exact) mass is 331 g/mol. The number of anilines is 1. The summed E-state index contributed by atoms with van der Waals surface area (Å²) in [4.78, 5) is 14.9. The number of aliphatic hydroxyl groups is 1. The molecule has 128 valence electrons. The molecule has 3 atom stereocenters. The lowest BCUT2D eigenvalue weighted by Crippen LogP contribution is -2.35. The first kappa shape index (κ1) is 16.3. The second kappa shape index (κ2) is 6.52. The maximum Gasteiger partial charge on any atom is 0.328 e. The van der Waals surface area contributed by atoms with E-state index in [2.05, 4.69) is 5.16 Å². The minimum atomic E-state index is -0.962. The Morgan fingerprint density at radius 2 is 2.08 bits per heavy atom. The molecule has 0 bridgehead atoms. The van der Waals surface area contributed by atoms with Crippen molar-refractivity contribution in [3.8, 4) is 5.75 Å². The van der Waals surface area contributed by atoms with E-state index >= 15 is 0 Å². The fourth-order valence-electron chi connectivity index (χ4n) is 2.66. The SMILES string of the molecule is CCC(Oc1ccccc1)c1cc(N2C(=O)N(C)C(C)C2O)no1. The van der Waals surface area contributed by atoms with E-state index in [-0.39, 0.29) is 24.0 Å². The molecule has 7 nitrogen and oxygen atoms in total. The third kappa shape index (κ3) is 2.82. The lowest BCUT2D eigenvalue weighted by Gasteiger charge is -2.16. The number of hydrogen-bond acceptors (Lipinski definition) is 5. The second-order valence-electron chi connectivity index (χ2n) is 5.83. The third-order valence-electron chi connectivity index (χ3n) is 4.29. The van der Waals surface area contributed by atoms with Crippen LogP contribution in [0.2, 0.25) is 0 Å². The molecular weight excluding hydrogens is 310 g/mol. The van der Waals surface area contributed by atoms with E-state index in [0.717, 1.165) is 5.75 Å². The Morgan fingerprint density at radius 3 is 2.67 bits per heavy atom. The van der Waals surface area contributed by atoms with Crippen LogP contribution in [0.25, 0.3) is 0 Å². The number of carbonyl (C=O) groups excluding carboxylic acids is 1. The Balaban J connectivity index is 1.80. The predicted octanol–water partition coefficient (Wildman–Crippen LogP) is 2.78. The van der Waals surface area contributed by atoms with Crippen LogP contribution < -0.4 is 9.64 Å². The quantitative estimate of drug-likeness (QED) is 0.911. The molecule has 24 heavy (non-hydrogen) atoms. The minimum absolute atomic E-state index is 0.286. The Labute approximate surface area is 140 Å². The van der Waals surface area contributed by atoms with Crippen molar-refractivity contribution in [2.45, 2.75) is 38.6 Å². The first-order valence-electron chi connectivity index (χ1n) is 7.95. The van der Waals surface area contributed by atoms with E-state index in [4.69, 9.17) is 9.26 Å². The molecule has 0 saturated carbocycles. The molecule has 0 aliphatic carbocycles. The molecule has 7 heteroatoms. The van der Waals surface area contributed by atoms with Crippen molar-refractivity contribution in [1.29, 1.82) is 0 Å². The molecular formula is C17H21N3O4. The number of hydrogen-bond donors (Lipinski definition) is 1. The second-order valence-corrected chi connectivity index (χ2v) is 5.83. The van der Waals surface area contributed by atoms with Crippen molar-refractivity contribution in [3.05, 3.63) is 42.2 Å². The topological polar surface area (TPSA) is 79.0 Å². The first-order chi connectivity index (χ1) is 11.5. The van der Waals surface area contributed by atoms with Gasteiger partial charge in [-0.15, -0.1) is 0 Å². The average Bonchev–Trinajstić information content (AvgIpc) is 3.14. The minimum Gasteiger partial charge on any atom is -0.482 e. The summed E-state index contributed by atoms with van der Waals surface area (Å²) in [5.74, 6) is 1.53. The highest BCUT2D eigenvalue weighted by molar-refractivity contribution is 5.93. The first-order valence-corrected chi connectivity index (χ1v) is 7.95. The highest BCUT2D eigenvalue weighted by Gasteiger charge is 2.42. The number of aromatic nitrogens is 1. The van der Waals surface area contributed by atoms with Crippen molar-refractivity contribution in [2.24, 2.45) is 0 Å². The molecule has 2 heterocycles. The molecule has 3 rings (SSSR count). The van der Waals surface area contributed by atoms with Gasteiger partial charge in [0.15, 0.2) is 23.9 Å². The van der Waals surface area contributed by atoms with Gasteiger partial charge in [0.05, 0.1) is 6.04 Å². The summed E-state index contributed by atoms with van der Waals surface area (Å²) in [6.45, 7) is 3.75. The van der Waals surface area contributed by atoms with E-state index in [9.17, 15) is 9.90 Å². The number of amides is 2. The smallest absolute Gasteiger partial charge is 0.328 e. The van der Waals surface area contributed by atoms with Gasteiger partial charge in [0.1, 0.15) is 5.75 Å². The van der Waals surface area contributed by atoms with Crippen LogP contribution in [0, 0.1) is 0 Å².